The van der Waals surface area contributed by atoms with Gasteiger partial charge in [0, 0.05) is 0 Å². The molecule has 0 spiro atoms. The summed E-state index contributed by atoms with van der Waals surface area (Å²) in [4.78, 5) is 0. The molecule has 0 unspecified atom stereocenters. The van der Waals surface area contributed by atoms with Crippen LogP contribution in [-0.4, -0.2) is 22.2 Å². The highest BCUT2D eigenvalue weighted by molar-refractivity contribution is 5.47. The summed E-state index contributed by atoms with van der Waals surface area (Å²) in [6.45, 7) is 17.0. The fraction of sp³-hybridized carbons (Fsp3) is 0.857. The lowest BCUT2D eigenvalue weighted by Crippen LogP contribution is -2.39. The molecule has 100 valence electrons. The van der Waals surface area contributed by atoms with E-state index in [1.54, 1.807) is 0 Å². The minimum atomic E-state index is -0.261. The van der Waals surface area contributed by atoms with Crippen LogP contribution in [0.2, 0.25) is 0 Å². The molecule has 0 bridgehead atoms. The Bertz CT molecular complexity index is 392. The summed E-state index contributed by atoms with van der Waals surface area (Å²) in [6.07, 6.45) is 0. The maximum atomic E-state index is 4.46. The standard InChI is InChI=1S/C14H24N4/c1-11(2)9(12(3,4)16-15-11)10-13(5,6)17-18-14(10,7)8/h1-8H3. The van der Waals surface area contributed by atoms with E-state index in [0.29, 0.717) is 0 Å². The van der Waals surface area contributed by atoms with Gasteiger partial charge in [-0.3, -0.25) is 0 Å². The molecule has 2 rings (SSSR count). The van der Waals surface area contributed by atoms with E-state index in [2.05, 4.69) is 75.8 Å². The lowest BCUT2D eigenvalue weighted by atomic mass is 9.70. The van der Waals surface area contributed by atoms with Crippen molar-refractivity contribution in [3.63, 3.8) is 0 Å². The summed E-state index contributed by atoms with van der Waals surface area (Å²) >= 11 is 0. The maximum Gasteiger partial charge on any atom is 0.0997 e. The van der Waals surface area contributed by atoms with E-state index in [-0.39, 0.29) is 22.2 Å². The molecular weight excluding hydrogens is 224 g/mol. The molecule has 0 fully saturated rings. The van der Waals surface area contributed by atoms with Crippen molar-refractivity contribution < 1.29 is 0 Å². The summed E-state index contributed by atoms with van der Waals surface area (Å²) in [6, 6.07) is 0. The molecule has 0 aromatic rings. The Morgan fingerprint density at radius 3 is 0.778 bits per heavy atom. The van der Waals surface area contributed by atoms with Gasteiger partial charge in [-0.15, -0.1) is 0 Å². The third kappa shape index (κ3) is 1.73. The van der Waals surface area contributed by atoms with Crippen LogP contribution in [0.3, 0.4) is 0 Å². The Morgan fingerprint density at radius 1 is 0.444 bits per heavy atom. The predicted molar refractivity (Wildman–Crippen MR) is 73.1 cm³/mol. The van der Waals surface area contributed by atoms with E-state index in [1.807, 2.05) is 0 Å². The van der Waals surface area contributed by atoms with Crippen LogP contribution in [0.15, 0.2) is 31.6 Å². The van der Waals surface area contributed by atoms with Gasteiger partial charge in [0.1, 0.15) is 0 Å². The third-order valence-corrected chi connectivity index (χ3v) is 3.80. The molecule has 0 aromatic heterocycles. The molecule has 4 nitrogen and oxygen atoms in total. The molecule has 4 heteroatoms. The molecule has 0 saturated carbocycles. The summed E-state index contributed by atoms with van der Waals surface area (Å²) in [5, 5.41) is 17.8. The van der Waals surface area contributed by atoms with E-state index in [1.165, 1.54) is 11.1 Å². The van der Waals surface area contributed by atoms with Gasteiger partial charge in [0.2, 0.25) is 0 Å². The zero-order chi connectivity index (χ0) is 14.0. The van der Waals surface area contributed by atoms with Crippen molar-refractivity contribution >= 4 is 0 Å². The van der Waals surface area contributed by atoms with Crippen LogP contribution in [0.4, 0.5) is 0 Å². The quantitative estimate of drug-likeness (QED) is 0.573. The first-order valence-electron chi connectivity index (χ1n) is 6.54. The predicted octanol–water partition coefficient (Wildman–Crippen LogP) is 4.33. The number of hydrogen-bond acceptors (Lipinski definition) is 4. The smallest absolute Gasteiger partial charge is 0.0997 e. The van der Waals surface area contributed by atoms with Gasteiger partial charge >= 0.3 is 0 Å². The van der Waals surface area contributed by atoms with Gasteiger partial charge in [0.25, 0.3) is 0 Å². The fourth-order valence-corrected chi connectivity index (χ4v) is 3.42. The molecule has 2 aliphatic rings. The molecule has 18 heavy (non-hydrogen) atoms. The number of azo groups is 2. The summed E-state index contributed by atoms with van der Waals surface area (Å²) < 4.78 is 0. The van der Waals surface area contributed by atoms with Gasteiger partial charge in [-0.25, -0.2) is 0 Å². The Hall–Kier alpha value is -1.06. The van der Waals surface area contributed by atoms with E-state index in [9.17, 15) is 0 Å². The van der Waals surface area contributed by atoms with E-state index < -0.39 is 0 Å². The molecule has 0 N–H and O–H groups in total. The zero-order valence-corrected chi connectivity index (χ0v) is 12.8. The molecular formula is C14H24N4. The SMILES string of the molecule is CC1(C)N=NC(C)(C)C1=C1C(C)(C)N=NC1(C)C. The first-order chi connectivity index (χ1) is 7.90. The average molecular weight is 248 g/mol. The lowest BCUT2D eigenvalue weighted by molar-refractivity contribution is 0.494. The Kier molecular flexibility index (Phi) is 2.44. The highest BCUT2D eigenvalue weighted by Gasteiger charge is 2.51. The van der Waals surface area contributed by atoms with Crippen molar-refractivity contribution in [3.05, 3.63) is 11.1 Å². The van der Waals surface area contributed by atoms with Crippen LogP contribution in [0.5, 0.6) is 0 Å². The summed E-state index contributed by atoms with van der Waals surface area (Å²) in [5.41, 5.74) is 1.50. The molecule has 0 saturated heterocycles. The number of rotatable bonds is 0. The highest BCUT2D eigenvalue weighted by atomic mass is 15.3. The van der Waals surface area contributed by atoms with E-state index in [4.69, 9.17) is 0 Å². The average Bonchev–Trinajstić information content (AvgIpc) is 2.49. The lowest BCUT2D eigenvalue weighted by Gasteiger charge is -2.34. The first kappa shape index (κ1) is 13.4. The van der Waals surface area contributed by atoms with Crippen LogP contribution >= 0.6 is 0 Å². The van der Waals surface area contributed by atoms with Crippen molar-refractivity contribution in [2.45, 2.75) is 77.5 Å². The molecule has 0 atom stereocenters. The fourth-order valence-electron chi connectivity index (χ4n) is 3.42. The van der Waals surface area contributed by atoms with Crippen LogP contribution in [0.1, 0.15) is 55.4 Å². The minimum absolute atomic E-state index is 0.261. The van der Waals surface area contributed by atoms with Gasteiger partial charge < -0.3 is 0 Å². The summed E-state index contributed by atoms with van der Waals surface area (Å²) in [7, 11) is 0. The van der Waals surface area contributed by atoms with Gasteiger partial charge in [-0.05, 0) is 66.5 Å². The Balaban J connectivity index is 2.74. The largest absolute Gasteiger partial charge is 0.183 e. The van der Waals surface area contributed by atoms with Gasteiger partial charge in [-0.2, -0.15) is 20.5 Å². The van der Waals surface area contributed by atoms with Crippen molar-refractivity contribution in [2.75, 3.05) is 0 Å². The van der Waals surface area contributed by atoms with Crippen molar-refractivity contribution in [1.29, 1.82) is 0 Å². The van der Waals surface area contributed by atoms with Gasteiger partial charge in [0.05, 0.1) is 22.2 Å². The number of hydrogen-bond donors (Lipinski definition) is 0. The molecule has 0 aromatic carbocycles. The van der Waals surface area contributed by atoms with Gasteiger partial charge in [0.15, 0.2) is 0 Å². The maximum absolute atomic E-state index is 4.46. The van der Waals surface area contributed by atoms with Crippen LogP contribution in [0.25, 0.3) is 0 Å². The second-order valence-corrected chi connectivity index (χ2v) is 7.39. The van der Waals surface area contributed by atoms with Gasteiger partial charge in [-0.1, -0.05) is 0 Å². The van der Waals surface area contributed by atoms with E-state index in [0.717, 1.165) is 0 Å². The third-order valence-electron chi connectivity index (χ3n) is 3.80. The van der Waals surface area contributed by atoms with Crippen LogP contribution in [-0.2, 0) is 0 Å². The monoisotopic (exact) mass is 248 g/mol. The topological polar surface area (TPSA) is 49.4 Å². The Morgan fingerprint density at radius 2 is 0.611 bits per heavy atom. The van der Waals surface area contributed by atoms with Crippen LogP contribution < -0.4 is 0 Å². The molecule has 0 radical (unpaired) electrons. The van der Waals surface area contributed by atoms with E-state index >= 15 is 0 Å². The van der Waals surface area contributed by atoms with Crippen LogP contribution in [0, 0.1) is 0 Å². The minimum Gasteiger partial charge on any atom is -0.183 e. The molecule has 2 heterocycles. The second kappa shape index (κ2) is 3.28. The van der Waals surface area contributed by atoms with Crippen molar-refractivity contribution in [1.82, 2.24) is 0 Å². The normalized spacial score (nSPS) is 30.2. The second-order valence-electron chi connectivity index (χ2n) is 7.39. The van der Waals surface area contributed by atoms with Crippen molar-refractivity contribution in [3.8, 4) is 0 Å². The molecule has 2 aliphatic heterocycles. The Labute approximate surface area is 110 Å². The molecule has 0 amide bonds. The number of nitrogens with zero attached hydrogens (tertiary/aromatic N) is 4. The highest BCUT2D eigenvalue weighted by Crippen LogP contribution is 2.51. The zero-order valence-electron chi connectivity index (χ0n) is 12.8. The first-order valence-corrected chi connectivity index (χ1v) is 6.54. The van der Waals surface area contributed by atoms with Crippen molar-refractivity contribution in [2.24, 2.45) is 20.5 Å². The molecule has 0 aliphatic carbocycles. The summed E-state index contributed by atoms with van der Waals surface area (Å²) in [5.74, 6) is 0.